The molecule has 1 amide bonds. The number of carbonyl (C=O) groups is 1. The van der Waals surface area contributed by atoms with Crippen molar-refractivity contribution >= 4 is 23.0 Å². The van der Waals surface area contributed by atoms with E-state index < -0.39 is 4.92 Å². The Morgan fingerprint density at radius 1 is 1.05 bits per heavy atom. The second-order valence-corrected chi connectivity index (χ2v) is 4.54. The van der Waals surface area contributed by atoms with Crippen LogP contribution in [0.4, 0.5) is 11.4 Å². The van der Waals surface area contributed by atoms with E-state index in [1.807, 2.05) is 30.3 Å². The fraction of sp³-hybridized carbons (Fsp3) is 0.0667. The third-order valence-corrected chi connectivity index (χ3v) is 3.19. The van der Waals surface area contributed by atoms with Crippen LogP contribution in [-0.4, -0.2) is 16.5 Å². The predicted octanol–water partition coefficient (Wildman–Crippen LogP) is 2.74. The van der Waals surface area contributed by atoms with Gasteiger partial charge in [-0.2, -0.15) is 10.1 Å². The summed E-state index contributed by atoms with van der Waals surface area (Å²) in [4.78, 5) is 22.7. The molecule has 6 nitrogen and oxygen atoms in total. The van der Waals surface area contributed by atoms with Crippen molar-refractivity contribution in [3.05, 3.63) is 70.3 Å². The van der Waals surface area contributed by atoms with E-state index in [4.69, 9.17) is 0 Å². The van der Waals surface area contributed by atoms with Crippen LogP contribution in [0.15, 0.2) is 59.7 Å². The highest BCUT2D eigenvalue weighted by molar-refractivity contribution is 6.19. The van der Waals surface area contributed by atoms with Crippen LogP contribution in [-0.2, 0) is 4.79 Å². The molecule has 1 heterocycles. The number of nitro groups is 1. The first-order valence-corrected chi connectivity index (χ1v) is 6.36. The average Bonchev–Trinajstić information content (AvgIpc) is 2.90. The summed E-state index contributed by atoms with van der Waals surface area (Å²) < 4.78 is 0. The molecule has 0 aliphatic carbocycles. The molecule has 0 unspecified atom stereocenters. The van der Waals surface area contributed by atoms with Crippen molar-refractivity contribution in [3.8, 4) is 0 Å². The molecule has 2 aromatic carbocycles. The minimum absolute atomic E-state index is 0.135. The zero-order valence-electron chi connectivity index (χ0n) is 11.0. The van der Waals surface area contributed by atoms with Gasteiger partial charge in [-0.05, 0) is 11.6 Å². The summed E-state index contributed by atoms with van der Waals surface area (Å²) in [5, 5.41) is 16.4. The largest absolute Gasteiger partial charge is 0.295 e. The van der Waals surface area contributed by atoms with Crippen LogP contribution in [0, 0.1) is 10.1 Å². The number of anilines is 1. The van der Waals surface area contributed by atoms with Crippen LogP contribution in [0.3, 0.4) is 0 Å². The summed E-state index contributed by atoms with van der Waals surface area (Å²) in [6.45, 7) is 0. The Balaban J connectivity index is 2.02. The number of hydrazone groups is 1. The molecule has 21 heavy (non-hydrogen) atoms. The van der Waals surface area contributed by atoms with E-state index >= 15 is 0 Å². The van der Waals surface area contributed by atoms with Crippen molar-refractivity contribution in [1.29, 1.82) is 0 Å². The van der Waals surface area contributed by atoms with Crippen molar-refractivity contribution in [3.63, 3.8) is 0 Å². The zero-order valence-corrected chi connectivity index (χ0v) is 11.0. The lowest BCUT2D eigenvalue weighted by atomic mass is 10.1. The average molecular weight is 281 g/mol. The van der Waals surface area contributed by atoms with Crippen LogP contribution in [0.1, 0.15) is 12.0 Å². The zero-order chi connectivity index (χ0) is 14.8. The van der Waals surface area contributed by atoms with Gasteiger partial charge in [0.25, 0.3) is 11.6 Å². The SMILES string of the molecule is O=C1CC(c2ccccc2)=NN1c1ccccc1[N+](=O)[O-]. The second-order valence-electron chi connectivity index (χ2n) is 4.54. The van der Waals surface area contributed by atoms with E-state index in [1.165, 1.54) is 12.1 Å². The number of hydrogen-bond acceptors (Lipinski definition) is 4. The maximum Gasteiger partial charge on any atom is 0.295 e. The third kappa shape index (κ3) is 2.38. The smallest absolute Gasteiger partial charge is 0.272 e. The summed E-state index contributed by atoms with van der Waals surface area (Å²) in [5.74, 6) is -0.275. The van der Waals surface area contributed by atoms with Crippen molar-refractivity contribution in [1.82, 2.24) is 0 Å². The highest BCUT2D eigenvalue weighted by atomic mass is 16.6. The Morgan fingerprint density at radius 3 is 2.43 bits per heavy atom. The number of benzene rings is 2. The molecule has 104 valence electrons. The summed E-state index contributed by atoms with van der Waals surface area (Å²) in [5.41, 5.74) is 1.51. The Bertz CT molecular complexity index is 741. The Hall–Kier alpha value is -3.02. The summed E-state index contributed by atoms with van der Waals surface area (Å²) in [6, 6.07) is 15.4. The highest BCUT2D eigenvalue weighted by Crippen LogP contribution is 2.31. The molecule has 3 rings (SSSR count). The lowest BCUT2D eigenvalue weighted by molar-refractivity contribution is -0.384. The van der Waals surface area contributed by atoms with Crippen LogP contribution in [0.2, 0.25) is 0 Å². The van der Waals surface area contributed by atoms with Gasteiger partial charge < -0.3 is 0 Å². The summed E-state index contributed by atoms with van der Waals surface area (Å²) >= 11 is 0. The van der Waals surface area contributed by atoms with Crippen LogP contribution in [0.25, 0.3) is 0 Å². The van der Waals surface area contributed by atoms with E-state index in [-0.39, 0.29) is 23.7 Å². The fourth-order valence-corrected chi connectivity index (χ4v) is 2.21. The van der Waals surface area contributed by atoms with Gasteiger partial charge in [0, 0.05) is 6.07 Å². The van der Waals surface area contributed by atoms with E-state index in [2.05, 4.69) is 5.10 Å². The molecule has 0 bridgehead atoms. The number of hydrogen-bond donors (Lipinski definition) is 0. The molecule has 0 N–H and O–H groups in total. The Morgan fingerprint density at radius 2 is 1.71 bits per heavy atom. The second kappa shape index (κ2) is 5.16. The first-order valence-electron chi connectivity index (χ1n) is 6.36. The van der Waals surface area contributed by atoms with Gasteiger partial charge in [-0.1, -0.05) is 42.5 Å². The quantitative estimate of drug-likeness (QED) is 0.641. The maximum atomic E-state index is 12.1. The molecule has 1 aliphatic heterocycles. The van der Waals surface area contributed by atoms with E-state index in [9.17, 15) is 14.9 Å². The van der Waals surface area contributed by atoms with Gasteiger partial charge >= 0.3 is 0 Å². The standard InChI is InChI=1S/C15H11N3O3/c19-15-10-12(11-6-2-1-3-7-11)16-17(15)13-8-4-5-9-14(13)18(20)21/h1-9H,10H2. The number of carbonyl (C=O) groups excluding carboxylic acids is 1. The van der Waals surface area contributed by atoms with Gasteiger partial charge in [-0.25, -0.2) is 0 Å². The number of nitrogens with zero attached hydrogens (tertiary/aromatic N) is 3. The lowest BCUT2D eigenvalue weighted by Gasteiger charge is -2.11. The molecule has 0 fully saturated rings. The van der Waals surface area contributed by atoms with Gasteiger partial charge in [-0.3, -0.25) is 14.9 Å². The van der Waals surface area contributed by atoms with Crippen molar-refractivity contribution in [2.24, 2.45) is 5.10 Å². The normalized spacial score (nSPS) is 14.2. The van der Waals surface area contributed by atoms with Crippen LogP contribution >= 0.6 is 0 Å². The Kier molecular flexibility index (Phi) is 3.19. The maximum absolute atomic E-state index is 12.1. The van der Waals surface area contributed by atoms with Gasteiger partial charge in [-0.15, -0.1) is 0 Å². The van der Waals surface area contributed by atoms with Gasteiger partial charge in [0.1, 0.15) is 5.69 Å². The van der Waals surface area contributed by atoms with Gasteiger partial charge in [0.05, 0.1) is 17.1 Å². The van der Waals surface area contributed by atoms with E-state index in [0.29, 0.717) is 5.71 Å². The molecule has 0 saturated heterocycles. The molecule has 0 spiro atoms. The molecule has 1 aliphatic rings. The van der Waals surface area contributed by atoms with Gasteiger partial charge in [0.2, 0.25) is 0 Å². The molecule has 0 aromatic heterocycles. The molecule has 0 saturated carbocycles. The Labute approximate surface area is 120 Å². The number of amides is 1. The number of rotatable bonds is 3. The highest BCUT2D eigenvalue weighted by Gasteiger charge is 2.30. The van der Waals surface area contributed by atoms with Crippen molar-refractivity contribution < 1.29 is 9.72 Å². The molecule has 6 heteroatoms. The topological polar surface area (TPSA) is 75.8 Å². The summed E-state index contributed by atoms with van der Waals surface area (Å²) in [7, 11) is 0. The van der Waals surface area contributed by atoms with Gasteiger partial charge in [0.15, 0.2) is 0 Å². The minimum Gasteiger partial charge on any atom is -0.272 e. The van der Waals surface area contributed by atoms with Crippen molar-refractivity contribution in [2.45, 2.75) is 6.42 Å². The lowest BCUT2D eigenvalue weighted by Crippen LogP contribution is -2.20. The van der Waals surface area contributed by atoms with Crippen LogP contribution < -0.4 is 5.01 Å². The predicted molar refractivity (Wildman–Crippen MR) is 78.2 cm³/mol. The monoisotopic (exact) mass is 281 g/mol. The van der Waals surface area contributed by atoms with Crippen molar-refractivity contribution in [2.75, 3.05) is 5.01 Å². The third-order valence-electron chi connectivity index (χ3n) is 3.19. The number of nitro benzene ring substituents is 1. The molecular formula is C15H11N3O3. The first-order chi connectivity index (χ1) is 10.2. The van der Waals surface area contributed by atoms with E-state index in [0.717, 1.165) is 10.6 Å². The molecule has 0 atom stereocenters. The summed E-state index contributed by atoms with van der Waals surface area (Å²) in [6.07, 6.45) is 0.135. The van der Waals surface area contributed by atoms with Crippen LogP contribution in [0.5, 0.6) is 0 Å². The molecule has 2 aromatic rings. The van der Waals surface area contributed by atoms with E-state index in [1.54, 1.807) is 12.1 Å². The first kappa shape index (κ1) is 13.0. The number of para-hydroxylation sites is 2. The fourth-order valence-electron chi connectivity index (χ4n) is 2.21. The molecule has 0 radical (unpaired) electrons. The minimum atomic E-state index is -0.515. The molecular weight excluding hydrogens is 270 g/mol.